The first kappa shape index (κ1) is 23.1. The Morgan fingerprint density at radius 2 is 1.91 bits per heavy atom. The topological polar surface area (TPSA) is 110 Å². The molecule has 168 valence electrons. The fourth-order valence-electron chi connectivity index (χ4n) is 3.21. The van der Waals surface area contributed by atoms with E-state index in [0.29, 0.717) is 5.56 Å². The number of aromatic hydroxyl groups is 1. The van der Waals surface area contributed by atoms with Crippen molar-refractivity contribution in [2.75, 3.05) is 11.9 Å². The van der Waals surface area contributed by atoms with Gasteiger partial charge in [0.1, 0.15) is 5.75 Å². The maximum Gasteiger partial charge on any atom is 0.320 e. The average Bonchev–Trinajstić information content (AvgIpc) is 3.26. The second-order valence-electron chi connectivity index (χ2n) is 7.18. The van der Waals surface area contributed by atoms with Crippen molar-refractivity contribution in [3.8, 4) is 16.2 Å². The number of carbonyl (C=O) groups is 2. The number of thiophene rings is 1. The molecule has 2 aromatic heterocycles. The van der Waals surface area contributed by atoms with Gasteiger partial charge in [0.05, 0.1) is 19.1 Å². The Balaban J connectivity index is 1.84. The van der Waals surface area contributed by atoms with Crippen molar-refractivity contribution >= 4 is 29.0 Å². The molecule has 32 heavy (non-hydrogen) atoms. The second-order valence-corrected chi connectivity index (χ2v) is 8.30. The number of aromatic nitrogens is 1. The van der Waals surface area contributed by atoms with E-state index in [1.807, 2.05) is 42.5 Å². The van der Waals surface area contributed by atoms with Gasteiger partial charge in [-0.15, -0.1) is 11.3 Å². The number of nitrogens with zero attached hydrogens (tertiary/aromatic N) is 1. The molecule has 1 atom stereocenters. The van der Waals surface area contributed by atoms with Crippen LogP contribution in [0.3, 0.4) is 0 Å². The van der Waals surface area contributed by atoms with Crippen LogP contribution in [0.25, 0.3) is 10.4 Å². The predicted octanol–water partition coefficient (Wildman–Crippen LogP) is 3.94. The van der Waals surface area contributed by atoms with E-state index in [9.17, 15) is 19.5 Å². The smallest absolute Gasteiger partial charge is 0.320 e. The highest BCUT2D eigenvalue weighted by molar-refractivity contribution is 7.15. The van der Waals surface area contributed by atoms with Crippen molar-refractivity contribution in [1.29, 1.82) is 0 Å². The van der Waals surface area contributed by atoms with E-state index in [-0.39, 0.29) is 24.5 Å². The summed E-state index contributed by atoms with van der Waals surface area (Å²) in [5.41, 5.74) is 0.691. The number of hydrogen-bond donors (Lipinski definition) is 3. The highest BCUT2D eigenvalue weighted by Crippen LogP contribution is 2.33. The van der Waals surface area contributed by atoms with E-state index in [0.717, 1.165) is 15.3 Å². The Labute approximate surface area is 189 Å². The van der Waals surface area contributed by atoms with Crippen LogP contribution >= 0.6 is 11.3 Å². The summed E-state index contributed by atoms with van der Waals surface area (Å²) < 4.78 is 6.33. The number of hydrogen-bond acceptors (Lipinski definition) is 6. The highest BCUT2D eigenvalue weighted by atomic mass is 32.1. The van der Waals surface area contributed by atoms with Gasteiger partial charge in [-0.3, -0.25) is 9.59 Å². The van der Waals surface area contributed by atoms with Crippen molar-refractivity contribution in [3.63, 3.8) is 0 Å². The number of nitrogens with one attached hydrogen (secondary N) is 2. The molecule has 0 aliphatic carbocycles. The largest absolute Gasteiger partial charge is 0.505 e. The minimum Gasteiger partial charge on any atom is -0.505 e. The number of anilines is 1. The molecular formula is C23H25N3O5S. The van der Waals surface area contributed by atoms with Crippen molar-refractivity contribution in [3.05, 3.63) is 69.5 Å². The van der Waals surface area contributed by atoms with Crippen LogP contribution in [0.5, 0.6) is 5.75 Å². The fourth-order valence-corrected chi connectivity index (χ4v) is 4.28. The molecule has 0 bridgehead atoms. The highest BCUT2D eigenvalue weighted by Gasteiger charge is 2.23. The molecule has 8 nitrogen and oxygen atoms in total. The summed E-state index contributed by atoms with van der Waals surface area (Å²) in [6, 6.07) is 12.1. The number of carbonyl (C=O) groups excluding carboxylic acids is 2. The predicted molar refractivity (Wildman–Crippen MR) is 124 cm³/mol. The van der Waals surface area contributed by atoms with E-state index in [4.69, 9.17) is 4.74 Å². The Morgan fingerprint density at radius 3 is 2.59 bits per heavy atom. The molecular weight excluding hydrogens is 430 g/mol. The summed E-state index contributed by atoms with van der Waals surface area (Å²) in [5.74, 6) is -0.755. The number of amides is 2. The van der Waals surface area contributed by atoms with Crippen molar-refractivity contribution in [1.82, 2.24) is 9.88 Å². The van der Waals surface area contributed by atoms with Crippen molar-refractivity contribution in [2.24, 2.45) is 7.05 Å². The molecule has 0 unspecified atom stereocenters. The molecule has 9 heteroatoms. The lowest BCUT2D eigenvalue weighted by atomic mass is 10.1. The molecule has 0 fully saturated rings. The Kier molecular flexibility index (Phi) is 7.32. The van der Waals surface area contributed by atoms with Gasteiger partial charge in [-0.25, -0.2) is 4.79 Å². The zero-order chi connectivity index (χ0) is 23.3. The first-order valence-electron chi connectivity index (χ1n) is 10.1. The number of urea groups is 1. The number of ether oxygens (including phenoxy) is 1. The summed E-state index contributed by atoms with van der Waals surface area (Å²) in [6.07, 6.45) is 1.40. The van der Waals surface area contributed by atoms with Crippen molar-refractivity contribution < 1.29 is 19.4 Å². The SMILES string of the molecule is CCOC(=O)C[C@H](NC(=O)Nc1c(O)c(C)cn(C)c1=O)c1ccc(-c2ccccc2)s1. The molecule has 0 saturated carbocycles. The van der Waals surface area contributed by atoms with Gasteiger partial charge in [0.25, 0.3) is 5.56 Å². The van der Waals surface area contributed by atoms with Crippen LogP contribution in [0.4, 0.5) is 10.5 Å². The Morgan fingerprint density at radius 1 is 1.19 bits per heavy atom. The van der Waals surface area contributed by atoms with Gasteiger partial charge in [0.2, 0.25) is 0 Å². The molecule has 3 rings (SSSR count). The zero-order valence-corrected chi connectivity index (χ0v) is 18.9. The van der Waals surface area contributed by atoms with Gasteiger partial charge >= 0.3 is 12.0 Å². The van der Waals surface area contributed by atoms with Crippen LogP contribution in [0, 0.1) is 6.92 Å². The molecule has 0 spiro atoms. The number of aryl methyl sites for hydroxylation is 2. The third-order valence-corrected chi connectivity index (χ3v) is 6.03. The second kappa shape index (κ2) is 10.1. The Bertz CT molecular complexity index is 1170. The lowest BCUT2D eigenvalue weighted by Crippen LogP contribution is -2.36. The Hall–Kier alpha value is -3.59. The summed E-state index contributed by atoms with van der Waals surface area (Å²) in [6.45, 7) is 3.56. The van der Waals surface area contributed by atoms with E-state index in [2.05, 4.69) is 10.6 Å². The van der Waals surface area contributed by atoms with E-state index in [1.54, 1.807) is 13.8 Å². The van der Waals surface area contributed by atoms with Gasteiger partial charge in [0.15, 0.2) is 5.69 Å². The molecule has 2 amide bonds. The normalized spacial score (nSPS) is 11.6. The minimum absolute atomic E-state index is 0.0756. The van der Waals surface area contributed by atoms with Gasteiger partial charge in [-0.2, -0.15) is 0 Å². The fraction of sp³-hybridized carbons (Fsp3) is 0.261. The van der Waals surface area contributed by atoms with Crippen LogP contribution < -0.4 is 16.2 Å². The molecule has 1 aromatic carbocycles. The van der Waals surface area contributed by atoms with Gasteiger partial charge in [-0.1, -0.05) is 30.3 Å². The van der Waals surface area contributed by atoms with Gasteiger partial charge in [-0.05, 0) is 31.5 Å². The van der Waals surface area contributed by atoms with Crippen LogP contribution in [-0.2, 0) is 16.6 Å². The standard InChI is InChI=1S/C23H25N3O5S/c1-4-31-19(27)12-16(18-11-10-17(32-18)15-8-6-5-7-9-15)24-23(30)25-20-21(28)14(2)13-26(3)22(20)29/h5-11,13,16,28H,4,12H2,1-3H3,(H2,24,25,30)/t16-/m0/s1. The van der Waals surface area contributed by atoms with Crippen molar-refractivity contribution in [2.45, 2.75) is 26.3 Å². The van der Waals surface area contributed by atoms with Gasteiger partial charge < -0.3 is 25.0 Å². The maximum absolute atomic E-state index is 12.7. The number of rotatable bonds is 7. The van der Waals surface area contributed by atoms with Gasteiger partial charge in [0, 0.05) is 28.6 Å². The molecule has 3 aromatic rings. The maximum atomic E-state index is 12.7. The average molecular weight is 456 g/mol. The number of pyridine rings is 1. The van der Waals surface area contributed by atoms with E-state index in [1.165, 1.54) is 29.1 Å². The first-order valence-corrected chi connectivity index (χ1v) is 10.9. The first-order chi connectivity index (χ1) is 15.3. The zero-order valence-electron chi connectivity index (χ0n) is 18.0. The third-order valence-electron chi connectivity index (χ3n) is 4.78. The molecule has 0 aliphatic rings. The van der Waals surface area contributed by atoms with E-state index >= 15 is 0 Å². The molecule has 2 heterocycles. The molecule has 3 N–H and O–H groups in total. The third kappa shape index (κ3) is 5.36. The summed E-state index contributed by atoms with van der Waals surface area (Å²) in [7, 11) is 1.53. The van der Waals surface area contributed by atoms with Crippen LogP contribution in [0.2, 0.25) is 0 Å². The van der Waals surface area contributed by atoms with Crippen LogP contribution in [-0.4, -0.2) is 28.3 Å². The summed E-state index contributed by atoms with van der Waals surface area (Å²) in [5, 5.41) is 15.4. The summed E-state index contributed by atoms with van der Waals surface area (Å²) in [4.78, 5) is 39.0. The lowest BCUT2D eigenvalue weighted by molar-refractivity contribution is -0.143. The number of benzene rings is 1. The minimum atomic E-state index is -0.716. The molecule has 0 aliphatic heterocycles. The van der Waals surface area contributed by atoms with E-state index < -0.39 is 23.6 Å². The lowest BCUT2D eigenvalue weighted by Gasteiger charge is -2.18. The quantitative estimate of drug-likeness (QED) is 0.468. The monoisotopic (exact) mass is 455 g/mol. The van der Waals surface area contributed by atoms with Crippen LogP contribution in [0.1, 0.15) is 29.8 Å². The number of esters is 1. The van der Waals surface area contributed by atoms with Crippen LogP contribution in [0.15, 0.2) is 53.5 Å². The molecule has 0 saturated heterocycles. The molecule has 0 radical (unpaired) electrons. The summed E-state index contributed by atoms with van der Waals surface area (Å²) >= 11 is 1.45.